The summed E-state index contributed by atoms with van der Waals surface area (Å²) in [5, 5.41) is 0. The van der Waals surface area contributed by atoms with Gasteiger partial charge in [0.25, 0.3) is 0 Å². The molecule has 20 heavy (non-hydrogen) atoms. The van der Waals surface area contributed by atoms with Crippen molar-refractivity contribution >= 4 is 28.6 Å². The molecule has 4 atom stereocenters. The Morgan fingerprint density at radius 1 is 1.35 bits per heavy atom. The average Bonchev–Trinajstić information content (AvgIpc) is 2.70. The molecule has 0 heterocycles. The van der Waals surface area contributed by atoms with E-state index in [9.17, 15) is 4.79 Å². The summed E-state index contributed by atoms with van der Waals surface area (Å²) in [6.45, 7) is 13.3. The number of esters is 1. The first-order valence-corrected chi connectivity index (χ1v) is 9.06. The van der Waals surface area contributed by atoms with Gasteiger partial charge in [0.15, 0.2) is 0 Å². The minimum absolute atomic E-state index is 0.0213. The van der Waals surface area contributed by atoms with E-state index in [4.69, 9.17) is 4.74 Å². The van der Waals surface area contributed by atoms with Gasteiger partial charge in [-0.1, -0.05) is 57.2 Å². The molecule has 0 spiro atoms. The summed E-state index contributed by atoms with van der Waals surface area (Å²) >= 11 is 2.24. The van der Waals surface area contributed by atoms with Gasteiger partial charge in [0, 0.05) is 5.41 Å². The van der Waals surface area contributed by atoms with Crippen molar-refractivity contribution in [1.82, 2.24) is 0 Å². The van der Waals surface area contributed by atoms with Gasteiger partial charge in [-0.2, -0.15) is 0 Å². The number of carbonyl (C=O) groups excluding carboxylic acids is 1. The molecule has 116 valence electrons. The lowest BCUT2D eigenvalue weighted by atomic mass is 9.63. The van der Waals surface area contributed by atoms with Crippen LogP contribution >= 0.6 is 22.6 Å². The van der Waals surface area contributed by atoms with Crippen LogP contribution in [0.4, 0.5) is 0 Å². The van der Waals surface area contributed by atoms with Crippen molar-refractivity contribution in [2.45, 2.75) is 82.7 Å². The summed E-state index contributed by atoms with van der Waals surface area (Å²) in [5.41, 5.74) is 0.144. The Hall–Kier alpha value is 0.200. The zero-order valence-corrected chi connectivity index (χ0v) is 16.0. The number of fused-ring (bicyclic) bond motifs is 2. The van der Waals surface area contributed by atoms with Crippen molar-refractivity contribution in [2.24, 2.45) is 16.7 Å². The van der Waals surface area contributed by atoms with Crippen LogP contribution in [0.3, 0.4) is 0 Å². The van der Waals surface area contributed by atoms with E-state index in [1.807, 2.05) is 6.92 Å². The maximum atomic E-state index is 12.6. The lowest BCUT2D eigenvalue weighted by molar-refractivity contribution is -0.182. The topological polar surface area (TPSA) is 26.3 Å². The number of hydrogen-bond acceptors (Lipinski definition) is 2. The fourth-order valence-corrected chi connectivity index (χ4v) is 4.69. The molecular weight excluding hydrogens is 363 g/mol. The smallest absolute Gasteiger partial charge is 0.322 e. The van der Waals surface area contributed by atoms with Gasteiger partial charge in [-0.3, -0.25) is 4.79 Å². The summed E-state index contributed by atoms with van der Waals surface area (Å²) in [6.07, 6.45) is 5.28. The van der Waals surface area contributed by atoms with Crippen molar-refractivity contribution < 1.29 is 9.53 Å². The van der Waals surface area contributed by atoms with Crippen molar-refractivity contribution in [3.63, 3.8) is 0 Å². The quantitative estimate of drug-likeness (QED) is 0.377. The maximum absolute atomic E-state index is 12.6. The number of ether oxygens (including phenoxy) is 1. The molecule has 2 nitrogen and oxygen atoms in total. The van der Waals surface area contributed by atoms with Gasteiger partial charge in [-0.25, -0.2) is 0 Å². The number of hydrogen-bond donors (Lipinski definition) is 0. The molecule has 2 fully saturated rings. The van der Waals surface area contributed by atoms with Gasteiger partial charge in [0.05, 0.1) is 0 Å². The first-order chi connectivity index (χ1) is 9.06. The highest BCUT2D eigenvalue weighted by Crippen LogP contribution is 2.71. The summed E-state index contributed by atoms with van der Waals surface area (Å²) in [6, 6.07) is 0. The van der Waals surface area contributed by atoms with Gasteiger partial charge in [-0.15, -0.1) is 0 Å². The lowest BCUT2D eigenvalue weighted by Crippen LogP contribution is -2.52. The highest BCUT2D eigenvalue weighted by atomic mass is 127. The van der Waals surface area contributed by atoms with Crippen LogP contribution in [0.25, 0.3) is 0 Å². The van der Waals surface area contributed by atoms with Crippen molar-refractivity contribution in [3.05, 3.63) is 0 Å². The van der Waals surface area contributed by atoms with Crippen LogP contribution in [-0.2, 0) is 9.53 Å². The second-order valence-electron chi connectivity index (χ2n) is 7.78. The molecule has 0 aromatic carbocycles. The van der Waals surface area contributed by atoms with E-state index in [-0.39, 0.29) is 22.4 Å². The molecule has 2 aliphatic carbocycles. The molecule has 2 rings (SSSR count). The number of alkyl halides is 1. The summed E-state index contributed by atoms with van der Waals surface area (Å²) in [5.74, 6) is 0.675. The number of halogens is 1. The van der Waals surface area contributed by atoms with Crippen LogP contribution in [0.1, 0.15) is 73.6 Å². The third-order valence-corrected chi connectivity index (χ3v) is 8.17. The average molecular weight is 392 g/mol. The second-order valence-corrected chi connectivity index (χ2v) is 10.2. The van der Waals surface area contributed by atoms with E-state index < -0.39 is 3.42 Å². The SMILES string of the molecule is CCC(C)(I)C(=O)OC1(CC)CC2CCC1(C)C2(C)C. The zero-order valence-electron chi connectivity index (χ0n) is 13.8. The first kappa shape index (κ1) is 16.6. The minimum Gasteiger partial charge on any atom is -0.457 e. The van der Waals surface area contributed by atoms with Gasteiger partial charge < -0.3 is 4.74 Å². The van der Waals surface area contributed by atoms with E-state index in [0.717, 1.165) is 19.3 Å². The molecule has 3 heteroatoms. The van der Waals surface area contributed by atoms with Crippen LogP contribution in [0.5, 0.6) is 0 Å². The van der Waals surface area contributed by atoms with Gasteiger partial charge >= 0.3 is 5.97 Å². The molecule has 2 bridgehead atoms. The van der Waals surface area contributed by atoms with E-state index in [1.165, 1.54) is 12.8 Å². The van der Waals surface area contributed by atoms with E-state index in [0.29, 0.717) is 5.92 Å². The van der Waals surface area contributed by atoms with Crippen molar-refractivity contribution in [3.8, 4) is 0 Å². The highest BCUT2D eigenvalue weighted by Gasteiger charge is 2.70. The largest absolute Gasteiger partial charge is 0.457 e. The fraction of sp³-hybridized carbons (Fsp3) is 0.941. The molecule has 0 aromatic heterocycles. The third-order valence-electron chi connectivity index (χ3n) is 6.97. The Labute approximate surface area is 137 Å². The van der Waals surface area contributed by atoms with E-state index >= 15 is 0 Å². The molecule has 2 aliphatic rings. The molecular formula is C17H29IO2. The number of carbonyl (C=O) groups is 1. The molecule has 0 amide bonds. The molecule has 0 N–H and O–H groups in total. The fourth-order valence-electron chi connectivity index (χ4n) is 4.58. The third kappa shape index (κ3) is 1.98. The first-order valence-electron chi connectivity index (χ1n) is 7.98. The highest BCUT2D eigenvalue weighted by molar-refractivity contribution is 14.1. The monoisotopic (exact) mass is 392 g/mol. The molecule has 0 saturated heterocycles. The van der Waals surface area contributed by atoms with Crippen LogP contribution < -0.4 is 0 Å². The van der Waals surface area contributed by atoms with E-state index in [2.05, 4.69) is 57.2 Å². The Kier molecular flexibility index (Phi) is 4.02. The second kappa shape index (κ2) is 4.85. The Morgan fingerprint density at radius 3 is 2.30 bits per heavy atom. The predicted molar refractivity (Wildman–Crippen MR) is 91.1 cm³/mol. The van der Waals surface area contributed by atoms with Crippen molar-refractivity contribution in [2.75, 3.05) is 0 Å². The normalized spacial score (nSPS) is 41.5. The molecule has 0 aromatic rings. The molecule has 2 saturated carbocycles. The van der Waals surface area contributed by atoms with Gasteiger partial charge in [0.1, 0.15) is 9.02 Å². The number of rotatable bonds is 4. The molecule has 0 aliphatic heterocycles. The summed E-state index contributed by atoms with van der Waals surface area (Å²) in [7, 11) is 0. The zero-order chi connectivity index (χ0) is 15.4. The lowest BCUT2D eigenvalue weighted by Gasteiger charge is -2.48. The molecule has 4 unspecified atom stereocenters. The van der Waals surface area contributed by atoms with E-state index in [1.54, 1.807) is 0 Å². The van der Waals surface area contributed by atoms with Gasteiger partial charge in [-0.05, 0) is 50.4 Å². The summed E-state index contributed by atoms with van der Waals surface area (Å²) in [4.78, 5) is 12.6. The van der Waals surface area contributed by atoms with Crippen LogP contribution in [0, 0.1) is 16.7 Å². The Morgan fingerprint density at radius 2 is 1.95 bits per heavy atom. The van der Waals surface area contributed by atoms with Crippen LogP contribution in [-0.4, -0.2) is 15.0 Å². The molecule has 0 radical (unpaired) electrons. The van der Waals surface area contributed by atoms with Crippen LogP contribution in [0.15, 0.2) is 0 Å². The summed E-state index contributed by atoms with van der Waals surface area (Å²) < 4.78 is 5.83. The Bertz CT molecular complexity index is 415. The minimum atomic E-state index is -0.401. The van der Waals surface area contributed by atoms with Crippen LogP contribution in [0.2, 0.25) is 0 Å². The van der Waals surface area contributed by atoms with Gasteiger partial charge in [0.2, 0.25) is 0 Å². The Balaban J connectivity index is 2.32. The maximum Gasteiger partial charge on any atom is 0.322 e. The predicted octanol–water partition coefficient (Wildman–Crippen LogP) is 5.13. The standard InChI is InChI=1S/C17H29IO2/c1-7-15(5,18)13(19)20-17(8-2)11-12-9-10-16(17,6)14(12,3)4/h12H,7-11H2,1-6H3. The van der Waals surface area contributed by atoms with Crippen molar-refractivity contribution in [1.29, 1.82) is 0 Å².